The molecule has 4 aromatic rings. The van der Waals surface area contributed by atoms with Crippen molar-refractivity contribution < 1.29 is 14.3 Å². The van der Waals surface area contributed by atoms with Crippen molar-refractivity contribution in [2.45, 2.75) is 45.9 Å². The number of benzene rings is 1. The number of carbonyl (C=O) groups is 2. The predicted octanol–water partition coefficient (Wildman–Crippen LogP) is 3.62. The number of fused-ring (bicyclic) bond motifs is 1. The van der Waals surface area contributed by atoms with Gasteiger partial charge < -0.3 is 24.9 Å². The Hall–Kier alpha value is -3.99. The van der Waals surface area contributed by atoms with Crippen LogP contribution in [-0.4, -0.2) is 49.0 Å². The summed E-state index contributed by atoms with van der Waals surface area (Å²) in [6.45, 7) is 6.14. The Balaban J connectivity index is 1.40. The third-order valence-corrected chi connectivity index (χ3v) is 6.06. The molecule has 0 bridgehead atoms. The first kappa shape index (κ1) is 25.1. The van der Waals surface area contributed by atoms with Crippen LogP contribution >= 0.6 is 11.3 Å². The highest BCUT2D eigenvalue weighted by molar-refractivity contribution is 7.09. The minimum absolute atomic E-state index is 0.103. The van der Waals surface area contributed by atoms with E-state index in [2.05, 4.69) is 25.3 Å². The lowest BCUT2D eigenvalue weighted by molar-refractivity contribution is 0.0231. The average Bonchev–Trinajstić information content (AvgIpc) is 3.46. The minimum atomic E-state index is -0.643. The van der Waals surface area contributed by atoms with E-state index in [1.165, 1.54) is 17.5 Å². The second kappa shape index (κ2) is 10.7. The van der Waals surface area contributed by atoms with Crippen LogP contribution in [0.4, 0.5) is 4.79 Å². The van der Waals surface area contributed by atoms with Gasteiger partial charge in [-0.05, 0) is 39.0 Å². The zero-order chi connectivity index (χ0) is 25.7. The molecule has 2 amide bonds. The van der Waals surface area contributed by atoms with Crippen LogP contribution in [-0.2, 0) is 24.2 Å². The van der Waals surface area contributed by atoms with E-state index in [1.54, 1.807) is 22.4 Å². The monoisotopic (exact) mass is 508 g/mol. The fourth-order valence-electron chi connectivity index (χ4n) is 3.45. The van der Waals surface area contributed by atoms with Gasteiger partial charge in [-0.1, -0.05) is 18.2 Å². The third-order valence-electron chi connectivity index (χ3n) is 5.15. The fraction of sp³-hybridized carbons (Fsp3) is 0.320. The number of nitrogens with zero attached hydrogens (tertiary/aromatic N) is 3. The summed E-state index contributed by atoms with van der Waals surface area (Å²) < 4.78 is 5.60. The van der Waals surface area contributed by atoms with Gasteiger partial charge in [0.15, 0.2) is 0 Å². The van der Waals surface area contributed by atoms with Crippen molar-refractivity contribution in [1.29, 1.82) is 0 Å². The smallest absolute Gasteiger partial charge is 0.410 e. The largest absolute Gasteiger partial charge is 0.444 e. The van der Waals surface area contributed by atoms with E-state index in [9.17, 15) is 14.4 Å². The normalized spacial score (nSPS) is 11.4. The zero-order valence-corrected chi connectivity index (χ0v) is 21.1. The number of para-hydroxylation sites is 2. The minimum Gasteiger partial charge on any atom is -0.444 e. The van der Waals surface area contributed by atoms with Crippen molar-refractivity contribution >= 4 is 34.4 Å². The van der Waals surface area contributed by atoms with Gasteiger partial charge in [-0.25, -0.2) is 14.8 Å². The predicted molar refractivity (Wildman–Crippen MR) is 137 cm³/mol. The molecule has 0 fully saturated rings. The highest BCUT2D eigenvalue weighted by Crippen LogP contribution is 2.17. The standard InChI is InChI=1S/C25H28N6O4S/c1-25(2,3)35-24(34)31(14-20-28-17-8-4-5-9-18(17)29-20)12-10-21-30-19(15-36-21)23(33)27-13-16-7-6-11-26-22(16)32/h4-9,11,15H,10,12-14H2,1-3H3,(H,26,32)(H,27,33)(H,28,29). The first-order valence-electron chi connectivity index (χ1n) is 11.5. The lowest BCUT2D eigenvalue weighted by Gasteiger charge is -2.26. The number of H-pyrrole nitrogens is 2. The Labute approximate surface area is 211 Å². The SMILES string of the molecule is CC(C)(C)OC(=O)N(CCc1nc(C(=O)NCc2ccc[nH]c2=O)cs1)Cc1nc2ccccc2[nH]1. The summed E-state index contributed by atoms with van der Waals surface area (Å²) in [6, 6.07) is 11.0. The first-order valence-corrected chi connectivity index (χ1v) is 12.4. The van der Waals surface area contributed by atoms with Gasteiger partial charge in [0.25, 0.3) is 11.5 Å². The van der Waals surface area contributed by atoms with E-state index in [-0.39, 0.29) is 30.2 Å². The van der Waals surface area contributed by atoms with Gasteiger partial charge in [-0.2, -0.15) is 0 Å². The van der Waals surface area contributed by atoms with Crippen molar-refractivity contribution in [2.75, 3.05) is 6.54 Å². The molecule has 0 aliphatic rings. The Morgan fingerprint density at radius 3 is 2.69 bits per heavy atom. The van der Waals surface area contributed by atoms with Crippen LogP contribution in [0.25, 0.3) is 11.0 Å². The zero-order valence-electron chi connectivity index (χ0n) is 20.3. The molecule has 10 nitrogen and oxygen atoms in total. The van der Waals surface area contributed by atoms with E-state index in [1.807, 2.05) is 45.0 Å². The Bertz CT molecular complexity index is 1380. The number of imidazole rings is 1. The Morgan fingerprint density at radius 2 is 1.94 bits per heavy atom. The van der Waals surface area contributed by atoms with Crippen molar-refractivity contribution in [1.82, 2.24) is 30.2 Å². The van der Waals surface area contributed by atoms with Crippen LogP contribution in [0.5, 0.6) is 0 Å². The number of pyridine rings is 1. The molecule has 0 spiro atoms. The Kier molecular flexibility index (Phi) is 7.49. The van der Waals surface area contributed by atoms with Gasteiger partial charge in [0.05, 0.1) is 22.6 Å². The second-order valence-corrected chi connectivity index (χ2v) is 10.1. The number of hydrogen-bond donors (Lipinski definition) is 3. The maximum atomic E-state index is 12.9. The van der Waals surface area contributed by atoms with Crippen LogP contribution < -0.4 is 10.9 Å². The fourth-order valence-corrected chi connectivity index (χ4v) is 4.21. The lowest BCUT2D eigenvalue weighted by atomic mass is 10.2. The van der Waals surface area contributed by atoms with Crippen molar-refractivity contribution in [3.63, 3.8) is 0 Å². The number of rotatable bonds is 8. The molecular formula is C25H28N6O4S. The van der Waals surface area contributed by atoms with Gasteiger partial charge in [0.1, 0.15) is 17.1 Å². The van der Waals surface area contributed by atoms with Gasteiger partial charge in [0.2, 0.25) is 0 Å². The summed E-state index contributed by atoms with van der Waals surface area (Å²) in [5, 5.41) is 5.08. The quantitative estimate of drug-likeness (QED) is 0.333. The molecule has 0 atom stereocenters. The van der Waals surface area contributed by atoms with E-state index < -0.39 is 11.7 Å². The van der Waals surface area contributed by atoms with Crippen LogP contribution in [0.1, 0.15) is 47.7 Å². The van der Waals surface area contributed by atoms with Crippen molar-refractivity contribution in [2.24, 2.45) is 0 Å². The molecular weight excluding hydrogens is 480 g/mol. The summed E-state index contributed by atoms with van der Waals surface area (Å²) >= 11 is 1.34. The number of thiazole rings is 1. The summed E-state index contributed by atoms with van der Waals surface area (Å²) in [4.78, 5) is 53.6. The molecule has 0 aliphatic carbocycles. The summed E-state index contributed by atoms with van der Waals surface area (Å²) in [5.74, 6) is 0.282. The molecule has 36 heavy (non-hydrogen) atoms. The number of aromatic amines is 2. The van der Waals surface area contributed by atoms with Gasteiger partial charge in [0, 0.05) is 36.7 Å². The van der Waals surface area contributed by atoms with E-state index >= 15 is 0 Å². The molecule has 0 saturated carbocycles. The van der Waals surface area contributed by atoms with Gasteiger partial charge >= 0.3 is 6.09 Å². The van der Waals surface area contributed by atoms with Crippen molar-refractivity contribution in [3.8, 4) is 0 Å². The number of hydrogen-bond acceptors (Lipinski definition) is 7. The summed E-state index contributed by atoms with van der Waals surface area (Å²) in [6.07, 6.45) is 1.52. The molecule has 11 heteroatoms. The number of aromatic nitrogens is 4. The van der Waals surface area contributed by atoms with Crippen molar-refractivity contribution in [3.05, 3.63) is 80.4 Å². The lowest BCUT2D eigenvalue weighted by Crippen LogP contribution is -2.38. The van der Waals surface area contributed by atoms with Crippen LogP contribution in [0, 0.1) is 0 Å². The number of carbonyl (C=O) groups excluding carboxylic acids is 2. The molecule has 1 aromatic carbocycles. The molecule has 0 radical (unpaired) electrons. The molecule has 188 valence electrons. The average molecular weight is 509 g/mol. The maximum Gasteiger partial charge on any atom is 0.410 e. The topological polar surface area (TPSA) is 133 Å². The van der Waals surface area contributed by atoms with Crippen LogP contribution in [0.15, 0.2) is 52.8 Å². The molecule has 3 N–H and O–H groups in total. The molecule has 0 saturated heterocycles. The maximum absolute atomic E-state index is 12.9. The Morgan fingerprint density at radius 1 is 1.14 bits per heavy atom. The van der Waals surface area contributed by atoms with Crippen LogP contribution in [0.3, 0.4) is 0 Å². The van der Waals surface area contributed by atoms with E-state index in [0.717, 1.165) is 11.0 Å². The summed E-state index contributed by atoms with van der Waals surface area (Å²) in [7, 11) is 0. The molecule has 4 rings (SSSR count). The molecule has 0 unspecified atom stereocenters. The number of nitrogens with one attached hydrogen (secondary N) is 3. The van der Waals surface area contributed by atoms with Gasteiger partial charge in [-0.15, -0.1) is 11.3 Å². The molecule has 3 heterocycles. The second-order valence-electron chi connectivity index (χ2n) is 9.19. The van der Waals surface area contributed by atoms with Crippen LogP contribution in [0.2, 0.25) is 0 Å². The van der Waals surface area contributed by atoms with E-state index in [4.69, 9.17) is 4.74 Å². The van der Waals surface area contributed by atoms with E-state index in [0.29, 0.717) is 29.4 Å². The summed E-state index contributed by atoms with van der Waals surface area (Å²) in [5.41, 5.74) is 1.55. The number of amides is 2. The third kappa shape index (κ3) is 6.57. The van der Waals surface area contributed by atoms with Gasteiger partial charge in [-0.3, -0.25) is 9.59 Å². The molecule has 0 aliphatic heterocycles. The molecule has 3 aromatic heterocycles. The first-order chi connectivity index (χ1) is 17.2. The highest BCUT2D eigenvalue weighted by atomic mass is 32.1. The number of ether oxygens (including phenoxy) is 1. The highest BCUT2D eigenvalue weighted by Gasteiger charge is 2.24.